The molecule has 0 unspecified atom stereocenters. The minimum Gasteiger partial charge on any atom is -0.493 e. The van der Waals surface area contributed by atoms with Crippen LogP contribution < -0.4 is 14.2 Å². The second-order valence-corrected chi connectivity index (χ2v) is 9.10. The van der Waals surface area contributed by atoms with Crippen molar-refractivity contribution in [2.45, 2.75) is 30.1 Å². The van der Waals surface area contributed by atoms with Gasteiger partial charge in [0, 0.05) is 19.5 Å². The molecule has 3 aliphatic rings. The van der Waals surface area contributed by atoms with E-state index in [1.165, 1.54) is 5.56 Å². The third-order valence-electron chi connectivity index (χ3n) is 5.62. The van der Waals surface area contributed by atoms with Gasteiger partial charge in [0.1, 0.15) is 5.75 Å². The molecular formula is C20H21NO5S. The van der Waals surface area contributed by atoms with Gasteiger partial charge in [0.2, 0.25) is 16.8 Å². The predicted molar refractivity (Wildman–Crippen MR) is 98.9 cm³/mol. The van der Waals surface area contributed by atoms with Crippen LogP contribution in [0.25, 0.3) is 0 Å². The molecule has 0 bridgehead atoms. The lowest BCUT2D eigenvalue weighted by atomic mass is 9.90. The van der Waals surface area contributed by atoms with E-state index in [0.717, 1.165) is 42.1 Å². The van der Waals surface area contributed by atoms with E-state index < -0.39 is 10.0 Å². The number of benzene rings is 2. The molecule has 0 aliphatic carbocycles. The second-order valence-electron chi connectivity index (χ2n) is 7.16. The first-order chi connectivity index (χ1) is 13.1. The summed E-state index contributed by atoms with van der Waals surface area (Å²) in [6, 6.07) is 11.2. The monoisotopic (exact) mass is 387 g/mol. The van der Waals surface area contributed by atoms with Crippen molar-refractivity contribution in [3.8, 4) is 17.2 Å². The van der Waals surface area contributed by atoms with Gasteiger partial charge in [-0.3, -0.25) is 0 Å². The number of ether oxygens (including phenoxy) is 3. The molecule has 0 amide bonds. The molecule has 0 N–H and O–H groups in total. The van der Waals surface area contributed by atoms with E-state index in [2.05, 4.69) is 6.07 Å². The van der Waals surface area contributed by atoms with Crippen LogP contribution in [0.2, 0.25) is 0 Å². The molecule has 1 saturated heterocycles. The Kier molecular flexibility index (Phi) is 4.02. The smallest absolute Gasteiger partial charge is 0.243 e. The summed E-state index contributed by atoms with van der Waals surface area (Å²) in [5, 5.41) is 0. The van der Waals surface area contributed by atoms with Crippen LogP contribution in [0.3, 0.4) is 0 Å². The molecule has 0 radical (unpaired) electrons. The van der Waals surface area contributed by atoms with Crippen LogP contribution in [0.1, 0.15) is 29.9 Å². The molecule has 27 heavy (non-hydrogen) atoms. The number of nitrogens with zero attached hydrogens (tertiary/aromatic N) is 1. The van der Waals surface area contributed by atoms with Crippen LogP contribution in [-0.4, -0.2) is 39.2 Å². The molecule has 3 aliphatic heterocycles. The third kappa shape index (κ3) is 2.95. The van der Waals surface area contributed by atoms with Crippen molar-refractivity contribution in [1.82, 2.24) is 4.31 Å². The zero-order valence-electron chi connectivity index (χ0n) is 14.9. The molecule has 7 heteroatoms. The van der Waals surface area contributed by atoms with Crippen molar-refractivity contribution in [2.24, 2.45) is 0 Å². The lowest BCUT2D eigenvalue weighted by Crippen LogP contribution is -2.37. The molecule has 142 valence electrons. The van der Waals surface area contributed by atoms with Gasteiger partial charge in [-0.15, -0.1) is 0 Å². The van der Waals surface area contributed by atoms with Gasteiger partial charge >= 0.3 is 0 Å². The topological polar surface area (TPSA) is 65.1 Å². The third-order valence-corrected chi connectivity index (χ3v) is 7.52. The highest BCUT2D eigenvalue weighted by molar-refractivity contribution is 7.89. The summed E-state index contributed by atoms with van der Waals surface area (Å²) < 4.78 is 44.0. The fraction of sp³-hybridized carbons (Fsp3) is 0.400. The van der Waals surface area contributed by atoms with Gasteiger partial charge in [-0.1, -0.05) is 6.07 Å². The summed E-state index contributed by atoms with van der Waals surface area (Å²) in [6.45, 7) is 1.94. The van der Waals surface area contributed by atoms with Gasteiger partial charge in [0.25, 0.3) is 0 Å². The summed E-state index contributed by atoms with van der Waals surface area (Å²) in [6.07, 6.45) is 2.37. The van der Waals surface area contributed by atoms with E-state index in [1.807, 2.05) is 12.1 Å². The number of hydrogen-bond acceptors (Lipinski definition) is 5. The van der Waals surface area contributed by atoms with Crippen LogP contribution in [0.5, 0.6) is 17.2 Å². The van der Waals surface area contributed by atoms with Gasteiger partial charge in [0.05, 0.1) is 11.5 Å². The van der Waals surface area contributed by atoms with E-state index in [0.29, 0.717) is 30.5 Å². The molecular weight excluding hydrogens is 366 g/mol. The maximum Gasteiger partial charge on any atom is 0.243 e. The Balaban J connectivity index is 1.31. The Morgan fingerprint density at radius 2 is 1.67 bits per heavy atom. The first-order valence-electron chi connectivity index (χ1n) is 9.27. The highest BCUT2D eigenvalue weighted by atomic mass is 32.2. The predicted octanol–water partition coefficient (Wildman–Crippen LogP) is 2.92. The Labute approximate surface area is 158 Å². The van der Waals surface area contributed by atoms with E-state index in [1.54, 1.807) is 22.5 Å². The average molecular weight is 387 g/mol. The summed E-state index contributed by atoms with van der Waals surface area (Å²) in [5.74, 6) is 2.69. The van der Waals surface area contributed by atoms with Gasteiger partial charge < -0.3 is 14.2 Å². The van der Waals surface area contributed by atoms with Crippen molar-refractivity contribution in [3.05, 3.63) is 47.5 Å². The van der Waals surface area contributed by atoms with E-state index in [4.69, 9.17) is 14.2 Å². The maximum absolute atomic E-state index is 13.0. The molecule has 2 aromatic carbocycles. The zero-order valence-corrected chi connectivity index (χ0v) is 15.7. The largest absolute Gasteiger partial charge is 0.493 e. The molecule has 1 fully saturated rings. The molecule has 0 spiro atoms. The van der Waals surface area contributed by atoms with Gasteiger partial charge in [0.15, 0.2) is 11.5 Å². The molecule has 6 nitrogen and oxygen atoms in total. The van der Waals surface area contributed by atoms with Crippen molar-refractivity contribution < 1.29 is 22.6 Å². The molecule has 0 atom stereocenters. The Bertz CT molecular complexity index is 980. The van der Waals surface area contributed by atoms with Crippen LogP contribution in [-0.2, 0) is 16.4 Å². The van der Waals surface area contributed by atoms with Gasteiger partial charge in [-0.25, -0.2) is 8.42 Å². The summed E-state index contributed by atoms with van der Waals surface area (Å²) in [4.78, 5) is 0.369. The van der Waals surface area contributed by atoms with Crippen LogP contribution in [0, 0.1) is 0 Å². The van der Waals surface area contributed by atoms with Gasteiger partial charge in [-0.05, 0) is 60.2 Å². The van der Waals surface area contributed by atoms with Crippen molar-refractivity contribution in [3.63, 3.8) is 0 Å². The standard InChI is InChI=1S/C20H21NO5S/c22-27(23,17-2-4-18-16(11-17)7-10-24-18)21-8-5-14(6-9-21)15-1-3-19-20(12-15)26-13-25-19/h1-4,11-12,14H,5-10,13H2. The van der Waals surface area contributed by atoms with Crippen LogP contribution in [0.4, 0.5) is 0 Å². The number of hydrogen-bond donors (Lipinski definition) is 0. The first-order valence-corrected chi connectivity index (χ1v) is 10.7. The quantitative estimate of drug-likeness (QED) is 0.810. The zero-order chi connectivity index (χ0) is 18.4. The Hall–Kier alpha value is -2.25. The second kappa shape index (κ2) is 6.42. The lowest BCUT2D eigenvalue weighted by molar-refractivity contribution is 0.174. The molecule has 0 aromatic heterocycles. The number of sulfonamides is 1. The normalized spacial score (nSPS) is 19.7. The first kappa shape index (κ1) is 16.9. The summed E-state index contributed by atoms with van der Waals surface area (Å²) >= 11 is 0. The maximum atomic E-state index is 13.0. The summed E-state index contributed by atoms with van der Waals surface area (Å²) in [5.41, 5.74) is 2.16. The minimum absolute atomic E-state index is 0.265. The van der Waals surface area contributed by atoms with Crippen molar-refractivity contribution in [1.29, 1.82) is 0 Å². The van der Waals surface area contributed by atoms with Crippen molar-refractivity contribution in [2.75, 3.05) is 26.5 Å². The van der Waals surface area contributed by atoms with Crippen molar-refractivity contribution >= 4 is 10.0 Å². The summed E-state index contributed by atoms with van der Waals surface area (Å²) in [7, 11) is -3.47. The Morgan fingerprint density at radius 1 is 0.889 bits per heavy atom. The highest BCUT2D eigenvalue weighted by Gasteiger charge is 2.31. The molecule has 0 saturated carbocycles. The minimum atomic E-state index is -3.47. The number of fused-ring (bicyclic) bond motifs is 2. The number of piperidine rings is 1. The van der Waals surface area contributed by atoms with Crippen LogP contribution >= 0.6 is 0 Å². The van der Waals surface area contributed by atoms with E-state index in [-0.39, 0.29) is 6.79 Å². The highest BCUT2D eigenvalue weighted by Crippen LogP contribution is 2.38. The molecule has 2 aromatic rings. The fourth-order valence-electron chi connectivity index (χ4n) is 4.07. The SMILES string of the molecule is O=S(=O)(c1ccc2c(c1)CCO2)N1CCC(c2ccc3c(c2)OCO3)CC1. The molecule has 5 rings (SSSR count). The number of rotatable bonds is 3. The van der Waals surface area contributed by atoms with E-state index >= 15 is 0 Å². The lowest BCUT2D eigenvalue weighted by Gasteiger charge is -2.31. The Morgan fingerprint density at radius 3 is 2.52 bits per heavy atom. The fourth-order valence-corrected chi connectivity index (χ4v) is 5.59. The van der Waals surface area contributed by atoms with E-state index in [9.17, 15) is 8.42 Å². The average Bonchev–Trinajstić information content (AvgIpc) is 3.35. The van der Waals surface area contributed by atoms with Gasteiger partial charge in [-0.2, -0.15) is 4.31 Å². The van der Waals surface area contributed by atoms with Crippen LogP contribution in [0.15, 0.2) is 41.3 Å². The molecule has 3 heterocycles.